The summed E-state index contributed by atoms with van der Waals surface area (Å²) in [6, 6.07) is 21.8. The zero-order valence-corrected chi connectivity index (χ0v) is 11.8. The fraction of sp³-hybridized carbons (Fsp3) is 0.278. The third kappa shape index (κ3) is 2.90. The normalized spacial score (nSPS) is 21.4. The SMILES string of the molecule is CC1NC(CCc2ccccc2)=N[C@@H]1c1ccccc1. The zero-order chi connectivity index (χ0) is 13.8. The lowest BCUT2D eigenvalue weighted by Gasteiger charge is -2.13. The second-order valence-corrected chi connectivity index (χ2v) is 5.35. The van der Waals surface area contributed by atoms with E-state index in [-0.39, 0.29) is 6.04 Å². The fourth-order valence-electron chi connectivity index (χ4n) is 2.72. The lowest BCUT2D eigenvalue weighted by Crippen LogP contribution is -2.28. The number of hydrogen-bond donors (Lipinski definition) is 1. The molecule has 102 valence electrons. The Kier molecular flexibility index (Phi) is 3.82. The van der Waals surface area contributed by atoms with Crippen molar-refractivity contribution >= 4 is 5.84 Å². The Morgan fingerprint density at radius 2 is 1.55 bits per heavy atom. The predicted octanol–water partition coefficient (Wildman–Crippen LogP) is 3.75. The molecule has 0 saturated heterocycles. The molecule has 0 aliphatic carbocycles. The molecule has 0 fully saturated rings. The molecule has 2 aromatic carbocycles. The van der Waals surface area contributed by atoms with Crippen LogP contribution in [-0.2, 0) is 6.42 Å². The third-order valence-corrected chi connectivity index (χ3v) is 3.80. The van der Waals surface area contributed by atoms with Crippen molar-refractivity contribution < 1.29 is 0 Å². The van der Waals surface area contributed by atoms with E-state index >= 15 is 0 Å². The van der Waals surface area contributed by atoms with Gasteiger partial charge in [0.05, 0.1) is 17.9 Å². The van der Waals surface area contributed by atoms with Crippen LogP contribution in [0.4, 0.5) is 0 Å². The van der Waals surface area contributed by atoms with E-state index < -0.39 is 0 Å². The van der Waals surface area contributed by atoms with Crippen LogP contribution in [0.15, 0.2) is 65.7 Å². The second kappa shape index (κ2) is 5.91. The first-order valence-electron chi connectivity index (χ1n) is 7.25. The van der Waals surface area contributed by atoms with Crippen molar-refractivity contribution in [3.63, 3.8) is 0 Å². The van der Waals surface area contributed by atoms with E-state index in [0.717, 1.165) is 18.7 Å². The van der Waals surface area contributed by atoms with Crippen molar-refractivity contribution in [2.24, 2.45) is 4.99 Å². The van der Waals surface area contributed by atoms with E-state index in [9.17, 15) is 0 Å². The van der Waals surface area contributed by atoms with Gasteiger partial charge in [0.15, 0.2) is 0 Å². The molecule has 1 aliphatic heterocycles. The number of rotatable bonds is 4. The number of hydrogen-bond acceptors (Lipinski definition) is 2. The maximum absolute atomic E-state index is 4.86. The average molecular weight is 264 g/mol. The molecule has 3 rings (SSSR count). The molecule has 1 N–H and O–H groups in total. The number of nitrogens with one attached hydrogen (secondary N) is 1. The Labute approximate surface area is 120 Å². The quantitative estimate of drug-likeness (QED) is 0.893. The molecule has 2 atom stereocenters. The van der Waals surface area contributed by atoms with Crippen molar-refractivity contribution in [1.82, 2.24) is 5.32 Å². The fourth-order valence-corrected chi connectivity index (χ4v) is 2.72. The number of benzene rings is 2. The highest BCUT2D eigenvalue weighted by molar-refractivity contribution is 5.84. The van der Waals surface area contributed by atoms with Gasteiger partial charge in [-0.05, 0) is 24.5 Å². The molecule has 0 amide bonds. The molecule has 0 bridgehead atoms. The van der Waals surface area contributed by atoms with Crippen LogP contribution in [0.25, 0.3) is 0 Å². The van der Waals surface area contributed by atoms with E-state index in [0.29, 0.717) is 6.04 Å². The Hall–Kier alpha value is -2.09. The molecule has 0 saturated carbocycles. The number of aliphatic imine (C=N–C) groups is 1. The summed E-state index contributed by atoms with van der Waals surface area (Å²) in [6.07, 6.45) is 2.03. The summed E-state index contributed by atoms with van der Waals surface area (Å²) in [5.74, 6) is 1.13. The van der Waals surface area contributed by atoms with Crippen LogP contribution in [0.1, 0.15) is 30.5 Å². The van der Waals surface area contributed by atoms with Crippen molar-refractivity contribution in [1.29, 1.82) is 0 Å². The van der Waals surface area contributed by atoms with E-state index in [2.05, 4.69) is 72.9 Å². The highest BCUT2D eigenvalue weighted by atomic mass is 15.1. The average Bonchev–Trinajstić information content (AvgIpc) is 2.88. The molecule has 0 aromatic heterocycles. The minimum Gasteiger partial charge on any atom is -0.369 e. The molecule has 1 unspecified atom stereocenters. The number of nitrogens with zero attached hydrogens (tertiary/aromatic N) is 1. The summed E-state index contributed by atoms with van der Waals surface area (Å²) in [5.41, 5.74) is 2.66. The van der Waals surface area contributed by atoms with Crippen molar-refractivity contribution in [3.05, 3.63) is 71.8 Å². The Bertz CT molecular complexity index is 575. The monoisotopic (exact) mass is 264 g/mol. The number of amidine groups is 1. The van der Waals surface area contributed by atoms with Gasteiger partial charge in [0.1, 0.15) is 0 Å². The van der Waals surface area contributed by atoms with Crippen LogP contribution in [0.5, 0.6) is 0 Å². The summed E-state index contributed by atoms with van der Waals surface area (Å²) >= 11 is 0. The van der Waals surface area contributed by atoms with Gasteiger partial charge >= 0.3 is 0 Å². The second-order valence-electron chi connectivity index (χ2n) is 5.35. The summed E-state index contributed by atoms with van der Waals surface area (Å²) in [7, 11) is 0. The minimum atomic E-state index is 0.252. The molecular formula is C18H20N2. The van der Waals surface area contributed by atoms with Gasteiger partial charge in [0.2, 0.25) is 0 Å². The van der Waals surface area contributed by atoms with Crippen molar-refractivity contribution in [2.75, 3.05) is 0 Å². The molecule has 2 nitrogen and oxygen atoms in total. The van der Waals surface area contributed by atoms with E-state index in [4.69, 9.17) is 4.99 Å². The molecule has 2 aromatic rings. The van der Waals surface area contributed by atoms with E-state index in [1.54, 1.807) is 0 Å². The maximum atomic E-state index is 4.86. The highest BCUT2D eigenvalue weighted by Gasteiger charge is 2.25. The molecule has 0 radical (unpaired) electrons. The third-order valence-electron chi connectivity index (χ3n) is 3.80. The first kappa shape index (κ1) is 12.9. The first-order chi connectivity index (χ1) is 9.83. The zero-order valence-electron chi connectivity index (χ0n) is 11.8. The Morgan fingerprint density at radius 1 is 0.900 bits per heavy atom. The first-order valence-corrected chi connectivity index (χ1v) is 7.25. The topological polar surface area (TPSA) is 24.4 Å². The van der Waals surface area contributed by atoms with Gasteiger partial charge in [0.25, 0.3) is 0 Å². The minimum absolute atomic E-state index is 0.252. The van der Waals surface area contributed by atoms with Crippen LogP contribution in [0.2, 0.25) is 0 Å². The summed E-state index contributed by atoms with van der Waals surface area (Å²) < 4.78 is 0. The van der Waals surface area contributed by atoms with Crippen LogP contribution >= 0.6 is 0 Å². The molecule has 0 spiro atoms. The van der Waals surface area contributed by atoms with E-state index in [1.807, 2.05) is 0 Å². The Balaban J connectivity index is 1.67. The van der Waals surface area contributed by atoms with Gasteiger partial charge in [-0.25, -0.2) is 0 Å². The maximum Gasteiger partial charge on any atom is 0.0977 e. The standard InChI is InChI=1S/C18H20N2/c1-14-18(16-10-6-3-7-11-16)20-17(19-14)13-12-15-8-4-2-5-9-15/h2-11,14,18H,12-13H2,1H3,(H,19,20)/t14?,18-/m0/s1. The van der Waals surface area contributed by atoms with E-state index in [1.165, 1.54) is 11.1 Å². The predicted molar refractivity (Wildman–Crippen MR) is 84.0 cm³/mol. The van der Waals surface area contributed by atoms with Crippen LogP contribution in [0, 0.1) is 0 Å². The van der Waals surface area contributed by atoms with Crippen LogP contribution < -0.4 is 5.32 Å². The smallest absolute Gasteiger partial charge is 0.0977 e. The van der Waals surface area contributed by atoms with Crippen LogP contribution in [-0.4, -0.2) is 11.9 Å². The molecule has 2 heteroatoms. The van der Waals surface area contributed by atoms with Crippen LogP contribution in [0.3, 0.4) is 0 Å². The summed E-state index contributed by atoms with van der Waals surface area (Å²) in [6.45, 7) is 2.21. The highest BCUT2D eigenvalue weighted by Crippen LogP contribution is 2.26. The molecule has 1 heterocycles. The largest absolute Gasteiger partial charge is 0.369 e. The Morgan fingerprint density at radius 3 is 2.25 bits per heavy atom. The molecule has 20 heavy (non-hydrogen) atoms. The van der Waals surface area contributed by atoms with Gasteiger partial charge in [-0.3, -0.25) is 4.99 Å². The van der Waals surface area contributed by atoms with Gasteiger partial charge in [-0.2, -0.15) is 0 Å². The van der Waals surface area contributed by atoms with Gasteiger partial charge in [-0.1, -0.05) is 60.7 Å². The van der Waals surface area contributed by atoms with Crippen molar-refractivity contribution in [2.45, 2.75) is 31.8 Å². The van der Waals surface area contributed by atoms with Crippen molar-refractivity contribution in [3.8, 4) is 0 Å². The molecule has 1 aliphatic rings. The van der Waals surface area contributed by atoms with Gasteiger partial charge in [0, 0.05) is 6.42 Å². The lowest BCUT2D eigenvalue weighted by molar-refractivity contribution is 0.587. The number of aryl methyl sites for hydroxylation is 1. The molecular weight excluding hydrogens is 244 g/mol. The van der Waals surface area contributed by atoms with Gasteiger partial charge in [-0.15, -0.1) is 0 Å². The summed E-state index contributed by atoms with van der Waals surface area (Å²) in [5, 5.41) is 3.52. The van der Waals surface area contributed by atoms with Gasteiger partial charge < -0.3 is 5.32 Å². The summed E-state index contributed by atoms with van der Waals surface area (Å²) in [4.78, 5) is 4.86. The lowest BCUT2D eigenvalue weighted by atomic mass is 10.0.